The van der Waals surface area contributed by atoms with Gasteiger partial charge in [0, 0.05) is 6.54 Å². The van der Waals surface area contributed by atoms with Crippen LogP contribution in [0.1, 0.15) is 66.9 Å². The van der Waals surface area contributed by atoms with Crippen LogP contribution in [0.5, 0.6) is 0 Å². The monoisotopic (exact) mass is 590 g/mol. The lowest BCUT2D eigenvalue weighted by Crippen LogP contribution is -2.58. The van der Waals surface area contributed by atoms with Gasteiger partial charge < -0.3 is 24.8 Å². The lowest BCUT2D eigenvalue weighted by molar-refractivity contribution is -0.146. The molecule has 1 heterocycles. The summed E-state index contributed by atoms with van der Waals surface area (Å²) in [6, 6.07) is 7.21. The Morgan fingerprint density at radius 3 is 1.95 bits per heavy atom. The maximum absolute atomic E-state index is 13.4. The number of hydrogen-bond donors (Lipinski definition) is 3. The number of esters is 1. The number of nitrogens with zero attached hydrogens (tertiary/aromatic N) is 1. The number of hydrogen-bond acceptors (Lipinski definition) is 8. The van der Waals surface area contributed by atoms with E-state index in [1.165, 1.54) is 0 Å². The number of amides is 4. The van der Waals surface area contributed by atoms with Crippen LogP contribution in [0.15, 0.2) is 30.3 Å². The molecule has 4 amide bonds. The van der Waals surface area contributed by atoms with Crippen LogP contribution in [-0.4, -0.2) is 72.2 Å². The molecule has 2 rings (SSSR count). The fraction of sp³-hybridized carbons (Fsp3) is 0.633. The molecule has 0 radical (unpaired) electrons. The van der Waals surface area contributed by atoms with E-state index in [1.54, 1.807) is 6.92 Å². The highest BCUT2D eigenvalue weighted by molar-refractivity contribution is 5.95. The lowest BCUT2D eigenvalue weighted by Gasteiger charge is -2.29. The predicted molar refractivity (Wildman–Crippen MR) is 154 cm³/mol. The molecule has 12 nitrogen and oxygen atoms in total. The van der Waals surface area contributed by atoms with Crippen molar-refractivity contribution < 1.29 is 38.2 Å². The van der Waals surface area contributed by atoms with Gasteiger partial charge >= 0.3 is 12.1 Å². The molecule has 1 fully saturated rings. The molecule has 1 aromatic rings. The van der Waals surface area contributed by atoms with E-state index in [9.17, 15) is 24.0 Å². The highest BCUT2D eigenvalue weighted by Crippen LogP contribution is 2.25. The summed E-state index contributed by atoms with van der Waals surface area (Å²) in [4.78, 5) is 64.4. The van der Waals surface area contributed by atoms with Gasteiger partial charge in [-0.25, -0.2) is 9.59 Å². The van der Waals surface area contributed by atoms with E-state index in [0.717, 1.165) is 10.6 Å². The van der Waals surface area contributed by atoms with E-state index in [2.05, 4.69) is 16.1 Å². The van der Waals surface area contributed by atoms with Crippen LogP contribution in [0.2, 0.25) is 0 Å². The standard InChI is InChI=1S/C30H46N4O8/c1-8-40-29(38)25-24(42-25)28(37)34(16-20(6)7)33-27(36)23(15-19(4)5)31-26(35)22(14-18(2)3)32-30(39)41-17-21-12-10-9-11-13-21/h9-13,18-20,22-25H,8,14-17H2,1-7H3,(H,31,35)(H,32,39)(H,33,36)/t22-,23-,24-,25-/m0/s1. The molecule has 0 saturated carbocycles. The summed E-state index contributed by atoms with van der Waals surface area (Å²) in [5.41, 5.74) is 3.42. The number of ether oxygens (including phenoxy) is 3. The third-order valence-corrected chi connectivity index (χ3v) is 6.18. The summed E-state index contributed by atoms with van der Waals surface area (Å²) in [6.07, 6.45) is -2.23. The predicted octanol–water partition coefficient (Wildman–Crippen LogP) is 2.70. The molecule has 0 bridgehead atoms. The number of carbonyl (C=O) groups is 5. The average Bonchev–Trinajstić information content (AvgIpc) is 3.71. The molecule has 42 heavy (non-hydrogen) atoms. The zero-order valence-corrected chi connectivity index (χ0v) is 25.7. The molecule has 0 aromatic heterocycles. The van der Waals surface area contributed by atoms with Crippen LogP contribution in [-0.2, 0) is 40.0 Å². The van der Waals surface area contributed by atoms with Crippen molar-refractivity contribution in [3.8, 4) is 0 Å². The number of epoxide rings is 1. The van der Waals surface area contributed by atoms with Crippen molar-refractivity contribution in [2.45, 2.75) is 92.2 Å². The fourth-order valence-corrected chi connectivity index (χ4v) is 4.21. The van der Waals surface area contributed by atoms with Gasteiger partial charge in [0.25, 0.3) is 11.8 Å². The van der Waals surface area contributed by atoms with Crippen LogP contribution in [0, 0.1) is 17.8 Å². The zero-order valence-electron chi connectivity index (χ0n) is 25.7. The molecule has 1 saturated heterocycles. The molecule has 4 atom stereocenters. The molecular formula is C30H46N4O8. The van der Waals surface area contributed by atoms with Crippen molar-refractivity contribution in [3.63, 3.8) is 0 Å². The Bertz CT molecular complexity index is 1060. The van der Waals surface area contributed by atoms with Crippen molar-refractivity contribution in [3.05, 3.63) is 35.9 Å². The molecule has 12 heteroatoms. The number of alkyl carbamates (subject to hydrolysis) is 1. The normalized spacial score (nSPS) is 17.3. The number of hydrazine groups is 1. The highest BCUT2D eigenvalue weighted by Gasteiger charge is 2.53. The van der Waals surface area contributed by atoms with Gasteiger partial charge in [0.1, 0.15) is 18.7 Å². The van der Waals surface area contributed by atoms with Crippen LogP contribution in [0.4, 0.5) is 4.79 Å². The first-order valence-corrected chi connectivity index (χ1v) is 14.5. The summed E-state index contributed by atoms with van der Waals surface area (Å²) in [7, 11) is 0. The molecular weight excluding hydrogens is 544 g/mol. The Balaban J connectivity index is 2.10. The van der Waals surface area contributed by atoms with E-state index >= 15 is 0 Å². The summed E-state index contributed by atoms with van der Waals surface area (Å²) >= 11 is 0. The number of benzene rings is 1. The van der Waals surface area contributed by atoms with Gasteiger partial charge in [0.05, 0.1) is 6.61 Å². The van der Waals surface area contributed by atoms with E-state index in [-0.39, 0.29) is 43.9 Å². The minimum atomic E-state index is -1.05. The van der Waals surface area contributed by atoms with Gasteiger partial charge in [-0.1, -0.05) is 71.9 Å². The Labute approximate surface area is 248 Å². The first-order valence-electron chi connectivity index (χ1n) is 14.5. The van der Waals surface area contributed by atoms with Crippen molar-refractivity contribution in [1.29, 1.82) is 0 Å². The Hall–Kier alpha value is -3.67. The first kappa shape index (κ1) is 34.5. The average molecular weight is 591 g/mol. The van der Waals surface area contributed by atoms with Gasteiger partial charge in [0.2, 0.25) is 5.91 Å². The highest BCUT2D eigenvalue weighted by atomic mass is 16.6. The summed E-state index contributed by atoms with van der Waals surface area (Å²) < 4.78 is 15.5. The van der Waals surface area contributed by atoms with Gasteiger partial charge in [-0.15, -0.1) is 0 Å². The fourth-order valence-electron chi connectivity index (χ4n) is 4.21. The summed E-state index contributed by atoms with van der Waals surface area (Å²) in [5.74, 6) is -2.31. The number of nitrogens with one attached hydrogen (secondary N) is 3. The second-order valence-corrected chi connectivity index (χ2v) is 11.6. The van der Waals surface area contributed by atoms with E-state index < -0.39 is 54.1 Å². The second-order valence-electron chi connectivity index (χ2n) is 11.6. The maximum Gasteiger partial charge on any atom is 0.408 e. The molecule has 234 valence electrons. The summed E-state index contributed by atoms with van der Waals surface area (Å²) in [6.45, 7) is 13.4. The van der Waals surface area contributed by atoms with Crippen LogP contribution >= 0.6 is 0 Å². The van der Waals surface area contributed by atoms with Gasteiger partial charge in [-0.3, -0.25) is 24.8 Å². The minimum Gasteiger partial charge on any atom is -0.464 e. The molecule has 1 aliphatic heterocycles. The molecule has 1 aromatic carbocycles. The molecule has 0 spiro atoms. The van der Waals surface area contributed by atoms with Crippen molar-refractivity contribution in [2.75, 3.05) is 13.2 Å². The molecule has 0 unspecified atom stereocenters. The van der Waals surface area contributed by atoms with Gasteiger partial charge in [-0.2, -0.15) is 0 Å². The van der Waals surface area contributed by atoms with Crippen LogP contribution < -0.4 is 16.1 Å². The molecule has 1 aliphatic rings. The summed E-state index contributed by atoms with van der Waals surface area (Å²) in [5, 5.41) is 6.50. The minimum absolute atomic E-state index is 0.0163. The second kappa shape index (κ2) is 16.7. The van der Waals surface area contributed by atoms with Crippen molar-refractivity contribution >= 4 is 29.8 Å². The van der Waals surface area contributed by atoms with Crippen LogP contribution in [0.25, 0.3) is 0 Å². The molecule has 0 aliphatic carbocycles. The largest absolute Gasteiger partial charge is 0.464 e. The molecule has 3 N–H and O–H groups in total. The Morgan fingerprint density at radius 2 is 1.40 bits per heavy atom. The topological polar surface area (TPSA) is 156 Å². The first-order chi connectivity index (χ1) is 19.8. The number of carbonyl (C=O) groups excluding carboxylic acids is 5. The van der Waals surface area contributed by atoms with E-state index in [4.69, 9.17) is 14.2 Å². The Kier molecular flexibility index (Phi) is 13.7. The van der Waals surface area contributed by atoms with E-state index in [1.807, 2.05) is 71.9 Å². The maximum atomic E-state index is 13.4. The van der Waals surface area contributed by atoms with Gasteiger partial charge in [0.15, 0.2) is 12.2 Å². The zero-order chi connectivity index (χ0) is 31.4. The quantitative estimate of drug-likeness (QED) is 0.160. The Morgan fingerprint density at radius 1 is 0.810 bits per heavy atom. The third-order valence-electron chi connectivity index (χ3n) is 6.18. The number of rotatable bonds is 15. The van der Waals surface area contributed by atoms with E-state index in [0.29, 0.717) is 6.42 Å². The van der Waals surface area contributed by atoms with Crippen LogP contribution in [0.3, 0.4) is 0 Å². The third kappa shape index (κ3) is 11.7. The lowest BCUT2D eigenvalue weighted by atomic mass is 10.0. The van der Waals surface area contributed by atoms with Gasteiger partial charge in [-0.05, 0) is 43.1 Å². The van der Waals surface area contributed by atoms with Crippen molar-refractivity contribution in [2.24, 2.45) is 17.8 Å². The van der Waals surface area contributed by atoms with Crippen molar-refractivity contribution in [1.82, 2.24) is 21.1 Å². The smallest absolute Gasteiger partial charge is 0.408 e. The SMILES string of the molecule is CCOC(=O)[C@H]1O[C@@H]1C(=O)N(CC(C)C)NC(=O)[C@H](CC(C)C)NC(=O)[C@H](CC(C)C)NC(=O)OCc1ccccc1.